The van der Waals surface area contributed by atoms with Gasteiger partial charge in [0.15, 0.2) is 11.5 Å². The first-order valence-corrected chi connectivity index (χ1v) is 12.6. The molecular formula is C28H28ClN5O4. The van der Waals surface area contributed by atoms with Crippen molar-refractivity contribution in [3.8, 4) is 23.1 Å². The second-order valence-corrected chi connectivity index (χ2v) is 9.36. The van der Waals surface area contributed by atoms with E-state index in [0.29, 0.717) is 44.7 Å². The molecule has 196 valence electrons. The number of likely N-dealkylation sites (tertiary alicyclic amines) is 1. The summed E-state index contributed by atoms with van der Waals surface area (Å²) in [7, 11) is 3.12. The lowest BCUT2D eigenvalue weighted by Gasteiger charge is -2.17. The highest BCUT2D eigenvalue weighted by molar-refractivity contribution is 6.33. The van der Waals surface area contributed by atoms with Gasteiger partial charge in [-0.05, 0) is 30.2 Å². The standard InChI is InChI=1S/C28H28ClN5O4/c1-36-25-13-21-24(14-26(25)37-2)30-17-31-27(21)38-20-8-9-23(22(29)12-20)33-28(35)32-19-10-11-34(16-19)15-18-6-4-3-5-7-18/h3-9,12-14,17,19H,10-11,15-16H2,1-2H3,(H2,32,33,35)/t19-/m1/s1. The molecule has 5 rings (SSSR count). The summed E-state index contributed by atoms with van der Waals surface area (Å²) in [5.74, 6) is 1.89. The summed E-state index contributed by atoms with van der Waals surface area (Å²) in [6.07, 6.45) is 2.31. The molecule has 0 spiro atoms. The Balaban J connectivity index is 1.21. The van der Waals surface area contributed by atoms with Crippen LogP contribution in [0.25, 0.3) is 10.9 Å². The Hall–Kier alpha value is -4.08. The summed E-state index contributed by atoms with van der Waals surface area (Å²) in [4.78, 5) is 23.5. The van der Waals surface area contributed by atoms with E-state index in [1.165, 1.54) is 11.9 Å². The molecule has 2 N–H and O–H groups in total. The van der Waals surface area contributed by atoms with Crippen molar-refractivity contribution < 1.29 is 19.0 Å². The van der Waals surface area contributed by atoms with E-state index in [-0.39, 0.29) is 12.1 Å². The number of amides is 2. The molecule has 1 aromatic heterocycles. The minimum absolute atomic E-state index is 0.0711. The minimum Gasteiger partial charge on any atom is -0.493 e. The molecule has 0 aliphatic carbocycles. The van der Waals surface area contributed by atoms with Gasteiger partial charge in [0.2, 0.25) is 5.88 Å². The van der Waals surface area contributed by atoms with Crippen LogP contribution in [0.15, 0.2) is 67.0 Å². The number of carbonyl (C=O) groups excluding carboxylic acids is 1. The van der Waals surface area contributed by atoms with Gasteiger partial charge in [-0.1, -0.05) is 41.9 Å². The van der Waals surface area contributed by atoms with Crippen LogP contribution in [-0.4, -0.2) is 54.2 Å². The first-order valence-electron chi connectivity index (χ1n) is 12.2. The van der Waals surface area contributed by atoms with Crippen LogP contribution >= 0.6 is 11.6 Å². The molecule has 1 aliphatic heterocycles. The van der Waals surface area contributed by atoms with Crippen molar-refractivity contribution in [2.75, 3.05) is 32.6 Å². The van der Waals surface area contributed by atoms with Gasteiger partial charge in [0, 0.05) is 37.8 Å². The van der Waals surface area contributed by atoms with E-state index >= 15 is 0 Å². The predicted molar refractivity (Wildman–Crippen MR) is 146 cm³/mol. The third-order valence-corrected chi connectivity index (χ3v) is 6.68. The monoisotopic (exact) mass is 533 g/mol. The number of carbonyl (C=O) groups is 1. The van der Waals surface area contributed by atoms with E-state index in [0.717, 1.165) is 26.1 Å². The Labute approximate surface area is 225 Å². The second-order valence-electron chi connectivity index (χ2n) is 8.95. The van der Waals surface area contributed by atoms with Gasteiger partial charge in [0.05, 0.1) is 35.8 Å². The number of hydrogen-bond donors (Lipinski definition) is 2. The van der Waals surface area contributed by atoms with Gasteiger partial charge in [-0.2, -0.15) is 0 Å². The molecule has 2 heterocycles. The Morgan fingerprint density at radius 2 is 1.84 bits per heavy atom. The maximum Gasteiger partial charge on any atom is 0.319 e. The van der Waals surface area contributed by atoms with E-state index in [1.807, 2.05) is 18.2 Å². The third-order valence-electron chi connectivity index (χ3n) is 6.36. The van der Waals surface area contributed by atoms with E-state index in [9.17, 15) is 4.79 Å². The lowest BCUT2D eigenvalue weighted by atomic mass is 10.2. The number of anilines is 1. The Morgan fingerprint density at radius 3 is 2.61 bits per heavy atom. The summed E-state index contributed by atoms with van der Waals surface area (Å²) in [6.45, 7) is 2.60. The van der Waals surface area contributed by atoms with Gasteiger partial charge in [-0.25, -0.2) is 14.8 Å². The van der Waals surface area contributed by atoms with Crippen LogP contribution in [0.3, 0.4) is 0 Å². The van der Waals surface area contributed by atoms with Crippen molar-refractivity contribution in [3.05, 3.63) is 77.6 Å². The largest absolute Gasteiger partial charge is 0.493 e. The fourth-order valence-corrected chi connectivity index (χ4v) is 4.71. The molecule has 0 radical (unpaired) electrons. The molecule has 3 aromatic carbocycles. The molecule has 38 heavy (non-hydrogen) atoms. The second kappa shape index (κ2) is 11.5. The zero-order valence-corrected chi connectivity index (χ0v) is 21.9. The van der Waals surface area contributed by atoms with Gasteiger partial charge in [-0.3, -0.25) is 4.90 Å². The number of hydrogen-bond acceptors (Lipinski definition) is 7. The lowest BCUT2D eigenvalue weighted by molar-refractivity contribution is 0.247. The molecule has 0 bridgehead atoms. The number of nitrogens with zero attached hydrogens (tertiary/aromatic N) is 3. The minimum atomic E-state index is -0.296. The summed E-state index contributed by atoms with van der Waals surface area (Å²) < 4.78 is 16.8. The van der Waals surface area contributed by atoms with Gasteiger partial charge in [0.25, 0.3) is 0 Å². The van der Waals surface area contributed by atoms with Gasteiger partial charge < -0.3 is 24.8 Å². The van der Waals surface area contributed by atoms with Crippen LogP contribution in [0.4, 0.5) is 10.5 Å². The first-order chi connectivity index (χ1) is 18.5. The molecule has 0 unspecified atom stereocenters. The Bertz CT molecular complexity index is 1440. The molecule has 1 aliphatic rings. The summed E-state index contributed by atoms with van der Waals surface area (Å²) in [5.41, 5.74) is 2.39. The van der Waals surface area contributed by atoms with Crippen molar-refractivity contribution in [2.24, 2.45) is 0 Å². The van der Waals surface area contributed by atoms with Crippen molar-refractivity contribution in [1.82, 2.24) is 20.2 Å². The Morgan fingerprint density at radius 1 is 1.05 bits per heavy atom. The number of aromatic nitrogens is 2. The molecule has 1 saturated heterocycles. The molecule has 4 aromatic rings. The number of rotatable bonds is 8. The fraction of sp³-hybridized carbons (Fsp3) is 0.250. The topological polar surface area (TPSA) is 97.8 Å². The van der Waals surface area contributed by atoms with Crippen LogP contribution < -0.4 is 24.8 Å². The van der Waals surface area contributed by atoms with E-state index in [2.05, 4.69) is 37.6 Å². The maximum absolute atomic E-state index is 12.7. The number of urea groups is 1. The molecule has 0 saturated carbocycles. The maximum atomic E-state index is 12.7. The van der Waals surface area contributed by atoms with Crippen molar-refractivity contribution in [3.63, 3.8) is 0 Å². The van der Waals surface area contributed by atoms with E-state index in [4.69, 9.17) is 25.8 Å². The SMILES string of the molecule is COc1cc2ncnc(Oc3ccc(NC(=O)N[C@@H]4CCN(Cc5ccccc5)C4)c(Cl)c3)c2cc1OC. The van der Waals surface area contributed by atoms with Crippen LogP contribution in [0.2, 0.25) is 5.02 Å². The average Bonchev–Trinajstić information content (AvgIpc) is 3.36. The molecule has 9 nitrogen and oxygen atoms in total. The summed E-state index contributed by atoms with van der Waals surface area (Å²) >= 11 is 6.48. The average molecular weight is 534 g/mol. The Kier molecular flexibility index (Phi) is 7.76. The van der Waals surface area contributed by atoms with E-state index in [1.54, 1.807) is 44.6 Å². The number of nitrogens with one attached hydrogen (secondary N) is 2. The lowest BCUT2D eigenvalue weighted by Crippen LogP contribution is -2.39. The normalized spacial score (nSPS) is 15.3. The van der Waals surface area contributed by atoms with Crippen molar-refractivity contribution in [2.45, 2.75) is 19.0 Å². The zero-order chi connectivity index (χ0) is 26.5. The fourth-order valence-electron chi connectivity index (χ4n) is 4.49. The molecule has 10 heteroatoms. The summed E-state index contributed by atoms with van der Waals surface area (Å²) in [6, 6.07) is 18.7. The van der Waals surface area contributed by atoms with Crippen LogP contribution in [0, 0.1) is 0 Å². The van der Waals surface area contributed by atoms with Crippen LogP contribution in [0.5, 0.6) is 23.1 Å². The van der Waals surface area contributed by atoms with Crippen LogP contribution in [-0.2, 0) is 6.54 Å². The zero-order valence-electron chi connectivity index (χ0n) is 21.1. The number of halogens is 1. The number of benzene rings is 3. The number of fused-ring (bicyclic) bond motifs is 1. The third kappa shape index (κ3) is 5.90. The van der Waals surface area contributed by atoms with Gasteiger partial charge in [-0.15, -0.1) is 0 Å². The molecule has 2 amide bonds. The highest BCUT2D eigenvalue weighted by atomic mass is 35.5. The quantitative estimate of drug-likeness (QED) is 0.309. The van der Waals surface area contributed by atoms with Gasteiger partial charge >= 0.3 is 6.03 Å². The highest BCUT2D eigenvalue weighted by Crippen LogP contribution is 2.36. The van der Waals surface area contributed by atoms with E-state index < -0.39 is 0 Å². The number of methoxy groups -OCH3 is 2. The van der Waals surface area contributed by atoms with Crippen molar-refractivity contribution >= 4 is 34.2 Å². The highest BCUT2D eigenvalue weighted by Gasteiger charge is 2.24. The molecule has 1 fully saturated rings. The van der Waals surface area contributed by atoms with Gasteiger partial charge in [0.1, 0.15) is 12.1 Å². The van der Waals surface area contributed by atoms with Crippen molar-refractivity contribution in [1.29, 1.82) is 0 Å². The smallest absolute Gasteiger partial charge is 0.319 e. The summed E-state index contributed by atoms with van der Waals surface area (Å²) in [5, 5.41) is 6.88. The molecule has 1 atom stereocenters. The predicted octanol–water partition coefficient (Wildman–Crippen LogP) is 5.49. The van der Waals surface area contributed by atoms with Crippen LogP contribution in [0.1, 0.15) is 12.0 Å². The molecular weight excluding hydrogens is 506 g/mol. The first kappa shape index (κ1) is 25.6. The number of ether oxygens (including phenoxy) is 3.